The van der Waals surface area contributed by atoms with Gasteiger partial charge in [-0.15, -0.1) is 0 Å². The predicted molar refractivity (Wildman–Crippen MR) is 97.8 cm³/mol. The molecule has 1 aliphatic heterocycles. The van der Waals surface area contributed by atoms with E-state index in [2.05, 4.69) is 9.97 Å². The third-order valence-corrected chi connectivity index (χ3v) is 4.77. The number of benzene rings is 1. The fourth-order valence-electron chi connectivity index (χ4n) is 3.43. The first kappa shape index (κ1) is 16.6. The number of pyridine rings is 1. The van der Waals surface area contributed by atoms with Gasteiger partial charge in [-0.1, -0.05) is 18.9 Å². The lowest BCUT2D eigenvalue weighted by atomic mass is 10.0. The second-order valence-corrected chi connectivity index (χ2v) is 6.52. The Labute approximate surface area is 150 Å². The first-order chi connectivity index (χ1) is 12.7. The van der Waals surface area contributed by atoms with Crippen molar-refractivity contribution in [2.45, 2.75) is 32.1 Å². The minimum Gasteiger partial charge on any atom is -0.396 e. The monoisotopic (exact) mass is 349 g/mol. The molecule has 0 unspecified atom stereocenters. The van der Waals surface area contributed by atoms with Gasteiger partial charge in [0.1, 0.15) is 0 Å². The number of carbonyl (C=O) groups excluding carboxylic acids is 1. The fraction of sp³-hybridized carbons (Fsp3) is 0.300. The van der Waals surface area contributed by atoms with Crippen molar-refractivity contribution in [1.29, 1.82) is 0 Å². The first-order valence-corrected chi connectivity index (χ1v) is 8.87. The normalized spacial score (nSPS) is 12.4. The van der Waals surface area contributed by atoms with Crippen LogP contribution in [0.1, 0.15) is 47.4 Å². The van der Waals surface area contributed by atoms with Crippen molar-refractivity contribution in [1.82, 2.24) is 14.5 Å². The van der Waals surface area contributed by atoms with Crippen LogP contribution in [0.2, 0.25) is 0 Å². The topological polar surface area (TPSA) is 85.1 Å². The summed E-state index contributed by atoms with van der Waals surface area (Å²) in [4.78, 5) is 34.0. The van der Waals surface area contributed by atoms with Crippen LogP contribution in [-0.4, -0.2) is 32.0 Å². The van der Waals surface area contributed by atoms with E-state index in [0.29, 0.717) is 22.3 Å². The van der Waals surface area contributed by atoms with Gasteiger partial charge in [-0.25, -0.2) is 9.97 Å². The molecule has 0 saturated carbocycles. The van der Waals surface area contributed by atoms with E-state index in [9.17, 15) is 9.59 Å². The molecule has 0 bridgehead atoms. The largest absolute Gasteiger partial charge is 0.396 e. The van der Waals surface area contributed by atoms with Crippen molar-refractivity contribution >= 4 is 16.8 Å². The molecule has 0 saturated heterocycles. The lowest BCUT2D eigenvalue weighted by molar-refractivity contribution is 0.103. The van der Waals surface area contributed by atoms with Crippen LogP contribution in [0.15, 0.2) is 41.3 Å². The van der Waals surface area contributed by atoms with E-state index in [1.54, 1.807) is 18.3 Å². The molecule has 1 N–H and O–H groups in total. The second kappa shape index (κ2) is 6.80. The minimum atomic E-state index is -0.262. The second-order valence-electron chi connectivity index (χ2n) is 6.52. The van der Waals surface area contributed by atoms with Crippen LogP contribution in [0.25, 0.3) is 16.7 Å². The predicted octanol–water partition coefficient (Wildman–Crippen LogP) is 2.42. The summed E-state index contributed by atoms with van der Waals surface area (Å²) < 4.78 is 1.40. The highest BCUT2D eigenvalue weighted by Crippen LogP contribution is 2.27. The van der Waals surface area contributed by atoms with Gasteiger partial charge in [0.15, 0.2) is 11.5 Å². The molecule has 0 aliphatic carbocycles. The molecule has 1 aliphatic rings. The molecule has 132 valence electrons. The maximum absolute atomic E-state index is 12.8. The average Bonchev–Trinajstić information content (AvgIpc) is 2.94. The molecule has 0 amide bonds. The molecule has 4 rings (SSSR count). The highest BCUT2D eigenvalue weighted by Gasteiger charge is 2.30. The number of rotatable bonds is 6. The Morgan fingerprint density at radius 2 is 1.88 bits per heavy atom. The Kier molecular flexibility index (Phi) is 4.34. The molecule has 1 aromatic carbocycles. The number of aliphatic hydroxyl groups excluding tert-OH is 1. The lowest BCUT2D eigenvalue weighted by Gasteiger charge is -2.06. The summed E-state index contributed by atoms with van der Waals surface area (Å²) >= 11 is 0. The maximum atomic E-state index is 12.8. The Hall–Kier alpha value is -2.86. The zero-order chi connectivity index (χ0) is 18.1. The number of aryl methyl sites for hydroxylation is 1. The molecule has 0 spiro atoms. The van der Waals surface area contributed by atoms with Gasteiger partial charge in [0.05, 0.1) is 16.6 Å². The number of aromatic nitrogens is 3. The number of carbonyl (C=O) groups is 1. The average molecular weight is 349 g/mol. The van der Waals surface area contributed by atoms with E-state index in [0.717, 1.165) is 37.7 Å². The van der Waals surface area contributed by atoms with Crippen LogP contribution in [-0.2, 0) is 6.42 Å². The molecular weight excluding hydrogens is 330 g/mol. The SMILES string of the molecule is O=C1c2cc(CCCCCCO)ccc2-n2c1nc1ncccc1c2=O. The highest BCUT2D eigenvalue weighted by molar-refractivity contribution is 6.13. The number of unbranched alkanes of at least 4 members (excludes halogenated alkanes) is 3. The summed E-state index contributed by atoms with van der Waals surface area (Å²) in [6.45, 7) is 0.233. The van der Waals surface area contributed by atoms with Gasteiger partial charge in [0, 0.05) is 12.8 Å². The van der Waals surface area contributed by atoms with Crippen LogP contribution in [0.5, 0.6) is 0 Å². The molecule has 3 heterocycles. The Morgan fingerprint density at radius 3 is 2.73 bits per heavy atom. The van der Waals surface area contributed by atoms with E-state index < -0.39 is 0 Å². The number of hydrogen-bond donors (Lipinski definition) is 1. The van der Waals surface area contributed by atoms with Gasteiger partial charge < -0.3 is 5.11 Å². The van der Waals surface area contributed by atoms with Crippen molar-refractivity contribution in [2.24, 2.45) is 0 Å². The first-order valence-electron chi connectivity index (χ1n) is 8.87. The molecule has 0 fully saturated rings. The Morgan fingerprint density at radius 1 is 1.04 bits per heavy atom. The van der Waals surface area contributed by atoms with E-state index >= 15 is 0 Å². The highest BCUT2D eigenvalue weighted by atomic mass is 16.3. The summed E-state index contributed by atoms with van der Waals surface area (Å²) in [5, 5.41) is 9.23. The standard InChI is InChI=1S/C20H19N3O3/c24-11-4-2-1-3-6-13-8-9-16-15(12-13)17(25)19-22-18-14(7-5-10-21-18)20(26)23(16)19/h5,7-10,12,24H,1-4,6,11H2. The molecule has 0 radical (unpaired) electrons. The molecule has 6 nitrogen and oxygen atoms in total. The number of aliphatic hydroxyl groups is 1. The minimum absolute atomic E-state index is 0.135. The number of fused-ring (bicyclic) bond motifs is 4. The van der Waals surface area contributed by atoms with Crippen molar-refractivity contribution in [2.75, 3.05) is 6.61 Å². The maximum Gasteiger partial charge on any atom is 0.267 e. The molecule has 3 aromatic rings. The zero-order valence-corrected chi connectivity index (χ0v) is 14.3. The van der Waals surface area contributed by atoms with Crippen molar-refractivity contribution in [3.63, 3.8) is 0 Å². The van der Waals surface area contributed by atoms with E-state index in [-0.39, 0.29) is 23.8 Å². The number of nitrogens with zero attached hydrogens (tertiary/aromatic N) is 3. The summed E-state index contributed by atoms with van der Waals surface area (Å²) in [5.74, 6) is -0.0944. The number of ketones is 1. The van der Waals surface area contributed by atoms with Gasteiger partial charge in [0.25, 0.3) is 5.56 Å². The van der Waals surface area contributed by atoms with Crippen molar-refractivity contribution in [3.05, 3.63) is 63.8 Å². The van der Waals surface area contributed by atoms with Crippen LogP contribution in [0.3, 0.4) is 0 Å². The number of hydrogen-bond acceptors (Lipinski definition) is 5. The van der Waals surface area contributed by atoms with Crippen LogP contribution >= 0.6 is 0 Å². The smallest absolute Gasteiger partial charge is 0.267 e. The van der Waals surface area contributed by atoms with Crippen LogP contribution < -0.4 is 5.56 Å². The van der Waals surface area contributed by atoms with E-state index in [1.807, 2.05) is 18.2 Å². The van der Waals surface area contributed by atoms with E-state index in [1.165, 1.54) is 4.57 Å². The molecule has 0 atom stereocenters. The van der Waals surface area contributed by atoms with Gasteiger partial charge >= 0.3 is 0 Å². The summed E-state index contributed by atoms with van der Waals surface area (Å²) in [7, 11) is 0. The van der Waals surface area contributed by atoms with Crippen molar-refractivity contribution in [3.8, 4) is 5.69 Å². The van der Waals surface area contributed by atoms with Crippen molar-refractivity contribution < 1.29 is 9.90 Å². The summed E-state index contributed by atoms with van der Waals surface area (Å²) in [5.41, 5.74) is 2.23. The van der Waals surface area contributed by atoms with Crippen LogP contribution in [0, 0.1) is 0 Å². The third-order valence-electron chi connectivity index (χ3n) is 4.77. The Balaban J connectivity index is 1.68. The molecule has 2 aromatic heterocycles. The molecule has 6 heteroatoms. The molecular formula is C20H19N3O3. The van der Waals surface area contributed by atoms with E-state index in [4.69, 9.17) is 5.11 Å². The van der Waals surface area contributed by atoms with Gasteiger partial charge in [-0.05, 0) is 49.1 Å². The summed E-state index contributed by atoms with van der Waals surface area (Å²) in [6, 6.07) is 9.03. The zero-order valence-electron chi connectivity index (χ0n) is 14.3. The lowest BCUT2D eigenvalue weighted by Crippen LogP contribution is -2.21. The van der Waals surface area contributed by atoms with Crippen LogP contribution in [0.4, 0.5) is 0 Å². The van der Waals surface area contributed by atoms with Gasteiger partial charge in [-0.3, -0.25) is 14.2 Å². The third kappa shape index (κ3) is 2.72. The molecule has 26 heavy (non-hydrogen) atoms. The Bertz CT molecular complexity index is 1060. The summed E-state index contributed by atoms with van der Waals surface area (Å²) in [6.07, 6.45) is 6.32. The fourth-order valence-corrected chi connectivity index (χ4v) is 3.43. The van der Waals surface area contributed by atoms with Gasteiger partial charge in [0.2, 0.25) is 5.78 Å². The van der Waals surface area contributed by atoms with Gasteiger partial charge in [-0.2, -0.15) is 0 Å². The quantitative estimate of drug-likeness (QED) is 0.540.